The second-order valence-corrected chi connectivity index (χ2v) is 18.8. The van der Waals surface area contributed by atoms with Gasteiger partial charge in [-0.2, -0.15) is 0 Å². The van der Waals surface area contributed by atoms with Gasteiger partial charge in [0.25, 0.3) is 0 Å². The summed E-state index contributed by atoms with van der Waals surface area (Å²) in [6.45, 7) is 0. The molecule has 5 heteroatoms. The number of rotatable bonds is 5. The van der Waals surface area contributed by atoms with Crippen molar-refractivity contribution in [2.45, 2.75) is 0 Å². The molecule has 0 saturated heterocycles. The predicted octanol–water partition coefficient (Wildman–Crippen LogP) is 17.0. The van der Waals surface area contributed by atoms with E-state index in [9.17, 15) is 0 Å². The van der Waals surface area contributed by atoms with Crippen molar-refractivity contribution in [2.24, 2.45) is 0 Å². The standard InChI is InChI=1S/C59H35N3S2/c1-5-22-50-48(20-1)56-52(28-26-46-44-18-3-7-24-54(44)63-58(46)56)61(50)42-16-10-14-38(32-42)36-12-9-13-37(30-36)40-31-41(35-60-34-40)39-15-11-17-43(33-39)62-51-23-6-2-21-49(51)57-53(62)29-27-47-45-19-4-8-25-55(45)64-59(47)57/h1-35H. The van der Waals surface area contributed by atoms with Crippen molar-refractivity contribution in [3.05, 3.63) is 213 Å². The molecule has 0 radical (unpaired) electrons. The van der Waals surface area contributed by atoms with Crippen LogP contribution >= 0.6 is 22.7 Å². The molecule has 0 atom stereocenters. The Balaban J connectivity index is 0.843. The van der Waals surface area contributed by atoms with Crippen LogP contribution in [0.5, 0.6) is 0 Å². The molecule has 0 spiro atoms. The number of nitrogens with zero attached hydrogens (tertiary/aromatic N) is 3. The SMILES string of the molecule is c1cc(-c2cncc(-c3cccc(-n4c5ccccc5c5c6sc7ccccc7c6ccc54)c3)c2)cc(-c2cccc(-n3c4ccccc4c4c5sc6ccccc6c5ccc43)c2)c1. The molecule has 5 aromatic heterocycles. The normalized spacial score (nSPS) is 12.1. The molecule has 0 aliphatic heterocycles. The van der Waals surface area contributed by atoms with Gasteiger partial charge in [0.2, 0.25) is 0 Å². The van der Waals surface area contributed by atoms with Crippen LogP contribution in [0, 0.1) is 0 Å². The summed E-state index contributed by atoms with van der Waals surface area (Å²) in [6, 6.07) is 73.5. The van der Waals surface area contributed by atoms with Crippen molar-refractivity contribution in [1.29, 1.82) is 0 Å². The quantitative estimate of drug-likeness (QED) is 0.169. The first-order chi connectivity index (χ1) is 31.7. The molecule has 14 aromatic rings. The molecular weight excluding hydrogens is 815 g/mol. The van der Waals surface area contributed by atoms with Crippen molar-refractivity contribution < 1.29 is 0 Å². The third kappa shape index (κ3) is 5.29. The number of pyridine rings is 1. The lowest BCUT2D eigenvalue weighted by molar-refractivity contribution is 1.18. The van der Waals surface area contributed by atoms with Crippen LogP contribution in [0.2, 0.25) is 0 Å². The maximum Gasteiger partial charge on any atom is 0.0555 e. The molecule has 3 nitrogen and oxygen atoms in total. The average Bonchev–Trinajstić information content (AvgIpc) is 4.12. The summed E-state index contributed by atoms with van der Waals surface area (Å²) in [5.41, 5.74) is 13.9. The Hall–Kier alpha value is -7.83. The molecule has 0 saturated carbocycles. The Morgan fingerprint density at radius 3 is 1.23 bits per heavy atom. The van der Waals surface area contributed by atoms with Gasteiger partial charge in [0.15, 0.2) is 0 Å². The molecule has 0 N–H and O–H groups in total. The minimum atomic E-state index is 1.08. The summed E-state index contributed by atoms with van der Waals surface area (Å²) >= 11 is 3.79. The summed E-state index contributed by atoms with van der Waals surface area (Å²) in [5, 5.41) is 10.5. The fraction of sp³-hybridized carbons (Fsp3) is 0. The van der Waals surface area contributed by atoms with Gasteiger partial charge in [-0.3, -0.25) is 4.98 Å². The highest BCUT2D eigenvalue weighted by molar-refractivity contribution is 7.27. The van der Waals surface area contributed by atoms with Crippen LogP contribution < -0.4 is 0 Å². The number of hydrogen-bond acceptors (Lipinski definition) is 3. The molecule has 14 rings (SSSR count). The molecule has 0 bridgehead atoms. The van der Waals surface area contributed by atoms with E-state index in [4.69, 9.17) is 4.98 Å². The molecule has 0 unspecified atom stereocenters. The Morgan fingerprint density at radius 2 is 0.703 bits per heavy atom. The van der Waals surface area contributed by atoms with Gasteiger partial charge in [-0.05, 0) is 95.1 Å². The highest BCUT2D eigenvalue weighted by Crippen LogP contribution is 2.45. The predicted molar refractivity (Wildman–Crippen MR) is 275 cm³/mol. The number of fused-ring (bicyclic) bond motifs is 14. The Morgan fingerprint density at radius 1 is 0.297 bits per heavy atom. The highest BCUT2D eigenvalue weighted by Gasteiger charge is 2.20. The van der Waals surface area contributed by atoms with Crippen LogP contribution in [-0.4, -0.2) is 14.1 Å². The summed E-state index contributed by atoms with van der Waals surface area (Å²) in [5.74, 6) is 0. The van der Waals surface area contributed by atoms with E-state index in [2.05, 4.69) is 209 Å². The summed E-state index contributed by atoms with van der Waals surface area (Å²) in [7, 11) is 0. The first-order valence-corrected chi connectivity index (χ1v) is 23.3. The van der Waals surface area contributed by atoms with Crippen LogP contribution in [0.3, 0.4) is 0 Å². The molecule has 5 heterocycles. The minimum absolute atomic E-state index is 1.08. The van der Waals surface area contributed by atoms with E-state index in [0.717, 1.165) is 33.6 Å². The fourth-order valence-electron chi connectivity index (χ4n) is 10.3. The van der Waals surface area contributed by atoms with Gasteiger partial charge in [0.1, 0.15) is 0 Å². The summed E-state index contributed by atoms with van der Waals surface area (Å²) < 4.78 is 10.2. The topological polar surface area (TPSA) is 22.8 Å². The Bertz CT molecular complexity index is 3940. The zero-order chi connectivity index (χ0) is 41.9. The molecule has 0 fully saturated rings. The Labute approximate surface area is 376 Å². The third-order valence-corrected chi connectivity index (χ3v) is 15.6. The van der Waals surface area contributed by atoms with Gasteiger partial charge in [0.05, 0.1) is 22.1 Å². The van der Waals surface area contributed by atoms with Crippen molar-refractivity contribution in [3.63, 3.8) is 0 Å². The lowest BCUT2D eigenvalue weighted by Crippen LogP contribution is -1.94. The van der Waals surface area contributed by atoms with E-state index in [1.165, 1.54) is 95.1 Å². The van der Waals surface area contributed by atoms with E-state index in [-0.39, 0.29) is 0 Å². The summed E-state index contributed by atoms with van der Waals surface area (Å²) in [6.07, 6.45) is 3.97. The number of benzene rings is 9. The van der Waals surface area contributed by atoms with Crippen LogP contribution in [0.1, 0.15) is 0 Å². The number of thiophene rings is 2. The molecule has 298 valence electrons. The zero-order valence-corrected chi connectivity index (χ0v) is 36.0. The smallest absolute Gasteiger partial charge is 0.0555 e. The maximum absolute atomic E-state index is 4.82. The van der Waals surface area contributed by atoms with Gasteiger partial charge in [-0.1, -0.05) is 127 Å². The largest absolute Gasteiger partial charge is 0.309 e. The monoisotopic (exact) mass is 849 g/mol. The second kappa shape index (κ2) is 13.8. The van der Waals surface area contributed by atoms with E-state index in [1.54, 1.807) is 0 Å². The summed E-state index contributed by atoms with van der Waals surface area (Å²) in [4.78, 5) is 4.82. The lowest BCUT2D eigenvalue weighted by atomic mass is 9.97. The fourth-order valence-corrected chi connectivity index (χ4v) is 12.8. The van der Waals surface area contributed by atoms with Crippen LogP contribution in [-0.2, 0) is 0 Å². The van der Waals surface area contributed by atoms with Crippen molar-refractivity contribution in [3.8, 4) is 44.8 Å². The average molecular weight is 850 g/mol. The van der Waals surface area contributed by atoms with Crippen LogP contribution in [0.4, 0.5) is 0 Å². The van der Waals surface area contributed by atoms with Crippen molar-refractivity contribution in [1.82, 2.24) is 14.1 Å². The van der Waals surface area contributed by atoms with Gasteiger partial charge >= 0.3 is 0 Å². The number of aromatic nitrogens is 3. The highest BCUT2D eigenvalue weighted by atomic mass is 32.1. The van der Waals surface area contributed by atoms with Gasteiger partial charge in [-0.15, -0.1) is 22.7 Å². The second-order valence-electron chi connectivity index (χ2n) is 16.7. The molecule has 0 aliphatic carbocycles. The molecule has 9 aromatic carbocycles. The number of hydrogen-bond donors (Lipinski definition) is 0. The molecular formula is C59H35N3S2. The van der Waals surface area contributed by atoms with Gasteiger partial charge in [0, 0.05) is 96.8 Å². The van der Waals surface area contributed by atoms with Crippen molar-refractivity contribution in [2.75, 3.05) is 0 Å². The van der Waals surface area contributed by atoms with E-state index >= 15 is 0 Å². The van der Waals surface area contributed by atoms with E-state index in [1.807, 2.05) is 35.1 Å². The first kappa shape index (κ1) is 35.7. The Kier molecular flexibility index (Phi) is 7.73. The zero-order valence-electron chi connectivity index (χ0n) is 34.4. The molecule has 0 aliphatic rings. The van der Waals surface area contributed by atoms with Gasteiger partial charge in [-0.25, -0.2) is 0 Å². The van der Waals surface area contributed by atoms with E-state index in [0.29, 0.717) is 0 Å². The van der Waals surface area contributed by atoms with E-state index < -0.39 is 0 Å². The van der Waals surface area contributed by atoms with Crippen molar-refractivity contribution >= 4 is 107 Å². The first-order valence-electron chi connectivity index (χ1n) is 21.7. The minimum Gasteiger partial charge on any atom is -0.309 e. The van der Waals surface area contributed by atoms with Crippen LogP contribution in [0.15, 0.2) is 213 Å². The molecule has 0 amide bonds. The van der Waals surface area contributed by atoms with Crippen LogP contribution in [0.25, 0.3) is 129 Å². The molecule has 64 heavy (non-hydrogen) atoms. The lowest BCUT2D eigenvalue weighted by Gasteiger charge is -2.12. The third-order valence-electron chi connectivity index (χ3n) is 13.2. The maximum atomic E-state index is 4.82. The van der Waals surface area contributed by atoms with Gasteiger partial charge < -0.3 is 9.13 Å². The number of para-hydroxylation sites is 2.